The van der Waals surface area contributed by atoms with Crippen molar-refractivity contribution in [2.75, 3.05) is 18.0 Å². The molecule has 1 heterocycles. The maximum Gasteiger partial charge on any atom is 0.407 e. The maximum atomic E-state index is 12.3. The Bertz CT molecular complexity index is 549. The molecule has 0 bridgehead atoms. The number of hydrogen-bond donors (Lipinski definition) is 1. The number of benzene rings is 1. The molecule has 1 aliphatic heterocycles. The Kier molecular flexibility index (Phi) is 5.06. The van der Waals surface area contributed by atoms with Gasteiger partial charge < -0.3 is 15.0 Å². The third kappa shape index (κ3) is 4.48. The molecule has 0 aliphatic carbocycles. The number of rotatable bonds is 4. The summed E-state index contributed by atoms with van der Waals surface area (Å²) in [5.41, 5.74) is 1.74. The third-order valence-electron chi connectivity index (χ3n) is 3.42. The minimum absolute atomic E-state index is 0.107. The van der Waals surface area contributed by atoms with Gasteiger partial charge in [-0.25, -0.2) is 4.79 Å². The number of fused-ring (bicyclic) bond motifs is 1. The van der Waals surface area contributed by atoms with Crippen LogP contribution in [0.2, 0.25) is 0 Å². The van der Waals surface area contributed by atoms with E-state index in [1.807, 2.05) is 43.9 Å². The van der Waals surface area contributed by atoms with E-state index in [1.165, 1.54) is 5.56 Å². The van der Waals surface area contributed by atoms with E-state index in [-0.39, 0.29) is 5.91 Å². The van der Waals surface area contributed by atoms with E-state index in [1.54, 1.807) is 0 Å². The molecule has 0 spiro atoms. The number of alkyl carbamates (subject to hydrolysis) is 1. The van der Waals surface area contributed by atoms with Crippen molar-refractivity contribution in [2.45, 2.75) is 45.6 Å². The van der Waals surface area contributed by atoms with Crippen molar-refractivity contribution in [3.05, 3.63) is 29.8 Å². The van der Waals surface area contributed by atoms with Gasteiger partial charge in [0.2, 0.25) is 5.91 Å². The summed E-state index contributed by atoms with van der Waals surface area (Å²) in [6.07, 6.45) is 1.50. The number of ether oxygens (including phenoxy) is 1. The summed E-state index contributed by atoms with van der Waals surface area (Å²) in [5.74, 6) is 0.107. The summed E-state index contributed by atoms with van der Waals surface area (Å²) in [6, 6.07) is 8.00. The van der Waals surface area contributed by atoms with Gasteiger partial charge in [0.05, 0.1) is 0 Å². The van der Waals surface area contributed by atoms with E-state index >= 15 is 0 Å². The fourth-order valence-electron chi connectivity index (χ4n) is 2.48. The first-order valence-corrected chi connectivity index (χ1v) is 7.72. The van der Waals surface area contributed by atoms with Crippen LogP contribution in [0.3, 0.4) is 0 Å². The Hall–Kier alpha value is -2.04. The molecule has 0 radical (unpaired) electrons. The Morgan fingerprint density at radius 3 is 2.73 bits per heavy atom. The summed E-state index contributed by atoms with van der Waals surface area (Å²) in [7, 11) is 0. The van der Waals surface area contributed by atoms with Crippen LogP contribution in [-0.2, 0) is 16.0 Å². The predicted molar refractivity (Wildman–Crippen MR) is 86.0 cm³/mol. The molecule has 0 fully saturated rings. The van der Waals surface area contributed by atoms with Crippen molar-refractivity contribution in [3.8, 4) is 0 Å². The Morgan fingerprint density at radius 2 is 2.00 bits per heavy atom. The zero-order valence-electron chi connectivity index (χ0n) is 13.5. The molecule has 2 amide bonds. The SMILES string of the molecule is CC(C)(C)OC(=O)NCCCC(=O)N1CCc2ccccc21. The fraction of sp³-hybridized carbons (Fsp3) is 0.529. The van der Waals surface area contributed by atoms with Crippen LogP contribution in [0.4, 0.5) is 10.5 Å². The van der Waals surface area contributed by atoms with Crippen molar-refractivity contribution in [3.63, 3.8) is 0 Å². The van der Waals surface area contributed by atoms with Gasteiger partial charge in [0.25, 0.3) is 0 Å². The third-order valence-corrected chi connectivity index (χ3v) is 3.42. The van der Waals surface area contributed by atoms with Crippen molar-refractivity contribution in [1.29, 1.82) is 0 Å². The molecule has 2 rings (SSSR count). The van der Waals surface area contributed by atoms with E-state index in [9.17, 15) is 9.59 Å². The molecule has 5 heteroatoms. The predicted octanol–water partition coefficient (Wildman–Crippen LogP) is 2.88. The van der Waals surface area contributed by atoms with Crippen LogP contribution in [0.25, 0.3) is 0 Å². The first-order valence-electron chi connectivity index (χ1n) is 7.72. The molecule has 120 valence electrons. The lowest BCUT2D eigenvalue weighted by atomic mass is 10.2. The van der Waals surface area contributed by atoms with E-state index < -0.39 is 11.7 Å². The average molecular weight is 304 g/mol. The summed E-state index contributed by atoms with van der Waals surface area (Å²) in [6.45, 7) is 6.65. The van der Waals surface area contributed by atoms with Crippen molar-refractivity contribution in [2.24, 2.45) is 0 Å². The molecule has 0 saturated heterocycles. The van der Waals surface area contributed by atoms with Crippen LogP contribution in [0.5, 0.6) is 0 Å². The Balaban J connectivity index is 1.72. The molecule has 0 unspecified atom stereocenters. The maximum absolute atomic E-state index is 12.3. The van der Waals surface area contributed by atoms with Gasteiger partial charge in [-0.1, -0.05) is 18.2 Å². The largest absolute Gasteiger partial charge is 0.444 e. The van der Waals surface area contributed by atoms with Crippen LogP contribution >= 0.6 is 0 Å². The lowest BCUT2D eigenvalue weighted by Crippen LogP contribution is -2.34. The van der Waals surface area contributed by atoms with Crippen LogP contribution in [0.1, 0.15) is 39.2 Å². The molecular weight excluding hydrogens is 280 g/mol. The molecule has 1 aromatic rings. The van der Waals surface area contributed by atoms with Crippen LogP contribution in [0.15, 0.2) is 24.3 Å². The molecular formula is C17H24N2O3. The van der Waals surface area contributed by atoms with Gasteiger partial charge in [0, 0.05) is 25.2 Å². The number of nitrogens with one attached hydrogen (secondary N) is 1. The number of hydrogen-bond acceptors (Lipinski definition) is 3. The van der Waals surface area contributed by atoms with Gasteiger partial charge in [-0.15, -0.1) is 0 Å². The fourth-order valence-corrected chi connectivity index (χ4v) is 2.48. The van der Waals surface area contributed by atoms with Gasteiger partial charge in [-0.05, 0) is 45.2 Å². The first-order chi connectivity index (χ1) is 10.4. The standard InChI is InChI=1S/C17H24N2O3/c1-17(2,3)22-16(21)18-11-6-9-15(20)19-12-10-13-7-4-5-8-14(13)19/h4-5,7-8H,6,9-12H2,1-3H3,(H,18,21). The van der Waals surface area contributed by atoms with Gasteiger partial charge in [0.15, 0.2) is 0 Å². The van der Waals surface area contributed by atoms with Gasteiger partial charge >= 0.3 is 6.09 Å². The summed E-state index contributed by atoms with van der Waals surface area (Å²) < 4.78 is 5.15. The van der Waals surface area contributed by atoms with Crippen molar-refractivity contribution < 1.29 is 14.3 Å². The van der Waals surface area contributed by atoms with E-state index in [0.717, 1.165) is 18.7 Å². The highest BCUT2D eigenvalue weighted by Gasteiger charge is 2.23. The lowest BCUT2D eigenvalue weighted by Gasteiger charge is -2.20. The molecule has 1 N–H and O–H groups in total. The highest BCUT2D eigenvalue weighted by atomic mass is 16.6. The topological polar surface area (TPSA) is 58.6 Å². The van der Waals surface area contributed by atoms with Crippen molar-refractivity contribution >= 4 is 17.7 Å². The van der Waals surface area contributed by atoms with Crippen LogP contribution in [-0.4, -0.2) is 30.7 Å². The number of carbonyl (C=O) groups is 2. The number of anilines is 1. The molecule has 0 atom stereocenters. The van der Waals surface area contributed by atoms with Gasteiger partial charge in [-0.3, -0.25) is 4.79 Å². The van der Waals surface area contributed by atoms with E-state index in [0.29, 0.717) is 19.4 Å². The highest BCUT2D eigenvalue weighted by Crippen LogP contribution is 2.27. The van der Waals surface area contributed by atoms with Crippen molar-refractivity contribution in [1.82, 2.24) is 5.32 Å². The smallest absolute Gasteiger partial charge is 0.407 e. The minimum Gasteiger partial charge on any atom is -0.444 e. The summed E-state index contributed by atoms with van der Waals surface area (Å²) in [5, 5.41) is 2.67. The molecule has 1 aliphatic rings. The first kappa shape index (κ1) is 16.3. The lowest BCUT2D eigenvalue weighted by molar-refractivity contribution is -0.118. The second-order valence-electron chi connectivity index (χ2n) is 6.46. The highest BCUT2D eigenvalue weighted by molar-refractivity contribution is 5.95. The van der Waals surface area contributed by atoms with Gasteiger partial charge in [0.1, 0.15) is 5.60 Å². The molecule has 22 heavy (non-hydrogen) atoms. The number of nitrogens with zero attached hydrogens (tertiary/aromatic N) is 1. The number of para-hydroxylation sites is 1. The number of carbonyl (C=O) groups excluding carboxylic acids is 2. The van der Waals surface area contributed by atoms with Gasteiger partial charge in [-0.2, -0.15) is 0 Å². The molecule has 0 saturated carbocycles. The minimum atomic E-state index is -0.501. The quantitative estimate of drug-likeness (QED) is 0.870. The van der Waals surface area contributed by atoms with Crippen LogP contribution < -0.4 is 10.2 Å². The summed E-state index contributed by atoms with van der Waals surface area (Å²) >= 11 is 0. The molecule has 1 aromatic carbocycles. The second kappa shape index (κ2) is 6.81. The molecule has 5 nitrogen and oxygen atoms in total. The zero-order valence-corrected chi connectivity index (χ0v) is 13.5. The van der Waals surface area contributed by atoms with Crippen LogP contribution in [0, 0.1) is 0 Å². The molecule has 0 aromatic heterocycles. The normalized spacial score (nSPS) is 13.7. The van der Waals surface area contributed by atoms with E-state index in [4.69, 9.17) is 4.74 Å². The van der Waals surface area contributed by atoms with E-state index in [2.05, 4.69) is 11.4 Å². The monoisotopic (exact) mass is 304 g/mol. The Morgan fingerprint density at radius 1 is 1.27 bits per heavy atom. The Labute approximate surface area is 131 Å². The number of amides is 2. The summed E-state index contributed by atoms with van der Waals surface area (Å²) in [4.78, 5) is 25.6. The second-order valence-corrected chi connectivity index (χ2v) is 6.46. The average Bonchev–Trinajstić information content (AvgIpc) is 2.85. The zero-order chi connectivity index (χ0) is 16.2.